The highest BCUT2D eigenvalue weighted by Crippen LogP contribution is 2.21. The molecule has 0 unspecified atom stereocenters. The first-order valence-electron chi connectivity index (χ1n) is 6.17. The van der Waals surface area contributed by atoms with Gasteiger partial charge in [0, 0.05) is 12.8 Å². The molecular formula is C16H14BrFO2. The van der Waals surface area contributed by atoms with Gasteiger partial charge >= 0.3 is 0 Å². The van der Waals surface area contributed by atoms with E-state index in [0.29, 0.717) is 16.5 Å². The summed E-state index contributed by atoms with van der Waals surface area (Å²) in [6.07, 6.45) is 0.510. The van der Waals surface area contributed by atoms with Crippen molar-refractivity contribution in [2.45, 2.75) is 12.8 Å². The normalized spacial score (nSPS) is 10.3. The highest BCUT2D eigenvalue weighted by molar-refractivity contribution is 9.10. The summed E-state index contributed by atoms with van der Waals surface area (Å²) in [7, 11) is 1.59. The summed E-state index contributed by atoms with van der Waals surface area (Å²) in [5, 5.41) is 0. The van der Waals surface area contributed by atoms with Crippen molar-refractivity contribution in [2.24, 2.45) is 0 Å². The summed E-state index contributed by atoms with van der Waals surface area (Å²) in [5.41, 5.74) is 1.56. The van der Waals surface area contributed by atoms with Crippen molar-refractivity contribution in [1.82, 2.24) is 0 Å². The molecule has 4 heteroatoms. The van der Waals surface area contributed by atoms with Gasteiger partial charge in [0.15, 0.2) is 0 Å². The van der Waals surface area contributed by atoms with E-state index in [2.05, 4.69) is 15.9 Å². The van der Waals surface area contributed by atoms with Crippen LogP contribution < -0.4 is 4.74 Å². The number of ketones is 1. The maximum absolute atomic E-state index is 13.4. The summed E-state index contributed by atoms with van der Waals surface area (Å²) >= 11 is 3.17. The molecule has 2 aromatic carbocycles. The lowest BCUT2D eigenvalue weighted by molar-refractivity contribution is -0.117. The van der Waals surface area contributed by atoms with Crippen LogP contribution >= 0.6 is 15.9 Å². The average Bonchev–Trinajstić information content (AvgIpc) is 2.44. The molecule has 0 aromatic heterocycles. The average molecular weight is 337 g/mol. The summed E-state index contributed by atoms with van der Waals surface area (Å²) in [6, 6.07) is 12.1. The van der Waals surface area contributed by atoms with E-state index >= 15 is 0 Å². The predicted molar refractivity (Wildman–Crippen MR) is 79.5 cm³/mol. The van der Waals surface area contributed by atoms with Gasteiger partial charge < -0.3 is 4.74 Å². The molecule has 0 aliphatic heterocycles. The van der Waals surface area contributed by atoms with Crippen LogP contribution in [0.15, 0.2) is 46.9 Å². The summed E-state index contributed by atoms with van der Waals surface area (Å²) in [4.78, 5) is 12.1. The van der Waals surface area contributed by atoms with E-state index in [1.54, 1.807) is 19.2 Å². The van der Waals surface area contributed by atoms with Crippen molar-refractivity contribution in [3.05, 3.63) is 63.9 Å². The van der Waals surface area contributed by atoms with Crippen LogP contribution in [0.25, 0.3) is 0 Å². The molecule has 0 bridgehead atoms. The number of halogens is 2. The van der Waals surface area contributed by atoms with Crippen molar-refractivity contribution in [1.29, 1.82) is 0 Å². The van der Waals surface area contributed by atoms with Gasteiger partial charge in [0.2, 0.25) is 0 Å². The van der Waals surface area contributed by atoms with Gasteiger partial charge in [0.05, 0.1) is 11.6 Å². The highest BCUT2D eigenvalue weighted by Gasteiger charge is 2.11. The monoisotopic (exact) mass is 336 g/mol. The third-order valence-electron chi connectivity index (χ3n) is 2.95. The molecule has 0 spiro atoms. The van der Waals surface area contributed by atoms with Crippen LogP contribution in [0.3, 0.4) is 0 Å². The number of carbonyl (C=O) groups is 1. The molecule has 0 heterocycles. The first kappa shape index (κ1) is 14.7. The number of benzene rings is 2. The second kappa shape index (κ2) is 6.66. The second-order valence-electron chi connectivity index (χ2n) is 4.46. The van der Waals surface area contributed by atoms with Crippen LogP contribution in [0.5, 0.6) is 5.75 Å². The molecule has 2 aromatic rings. The van der Waals surface area contributed by atoms with Crippen LogP contribution in [0.2, 0.25) is 0 Å². The van der Waals surface area contributed by atoms with Crippen molar-refractivity contribution in [2.75, 3.05) is 7.11 Å². The van der Waals surface area contributed by atoms with E-state index < -0.39 is 0 Å². The third-order valence-corrected chi connectivity index (χ3v) is 3.84. The van der Waals surface area contributed by atoms with E-state index in [1.807, 2.05) is 24.3 Å². The van der Waals surface area contributed by atoms with Crippen molar-refractivity contribution in [3.8, 4) is 5.75 Å². The fourth-order valence-electron chi connectivity index (χ4n) is 1.97. The molecule has 0 N–H and O–H groups in total. The van der Waals surface area contributed by atoms with Gasteiger partial charge in [0.1, 0.15) is 17.3 Å². The smallest absolute Gasteiger partial charge is 0.141 e. The Labute approximate surface area is 125 Å². The molecule has 2 rings (SSSR count). The first-order chi connectivity index (χ1) is 9.60. The number of rotatable bonds is 5. The molecule has 0 atom stereocenters. The Morgan fingerprint density at radius 2 is 1.95 bits per heavy atom. The van der Waals surface area contributed by atoms with Crippen LogP contribution in [0.1, 0.15) is 11.1 Å². The van der Waals surface area contributed by atoms with Gasteiger partial charge in [-0.25, -0.2) is 4.39 Å². The Morgan fingerprint density at radius 3 is 2.70 bits per heavy atom. The summed E-state index contributed by atoms with van der Waals surface area (Å²) in [6.45, 7) is 0. The summed E-state index contributed by atoms with van der Waals surface area (Å²) < 4.78 is 18.9. The molecule has 20 heavy (non-hydrogen) atoms. The minimum atomic E-state index is -0.350. The Kier molecular flexibility index (Phi) is 4.90. The predicted octanol–water partition coefficient (Wildman–Crippen LogP) is 3.95. The zero-order valence-electron chi connectivity index (χ0n) is 11.0. The third kappa shape index (κ3) is 3.67. The topological polar surface area (TPSA) is 26.3 Å². The van der Waals surface area contributed by atoms with Crippen LogP contribution in [-0.4, -0.2) is 12.9 Å². The SMILES string of the molecule is COc1cccc(CC(=O)Cc2cccc(F)c2Br)c1. The molecule has 0 saturated carbocycles. The number of ether oxygens (including phenoxy) is 1. The molecule has 0 fully saturated rings. The van der Waals surface area contributed by atoms with Gasteiger partial charge in [-0.05, 0) is 45.3 Å². The minimum absolute atomic E-state index is 0.0320. The minimum Gasteiger partial charge on any atom is -0.497 e. The van der Waals surface area contributed by atoms with Gasteiger partial charge in [0.25, 0.3) is 0 Å². The maximum atomic E-state index is 13.4. The van der Waals surface area contributed by atoms with Crippen LogP contribution in [0.4, 0.5) is 4.39 Å². The number of hydrogen-bond donors (Lipinski definition) is 0. The van der Waals surface area contributed by atoms with Crippen LogP contribution in [0, 0.1) is 5.82 Å². The highest BCUT2D eigenvalue weighted by atomic mass is 79.9. The van der Waals surface area contributed by atoms with E-state index in [0.717, 1.165) is 11.3 Å². The Morgan fingerprint density at radius 1 is 1.20 bits per heavy atom. The van der Waals surface area contributed by atoms with E-state index in [9.17, 15) is 9.18 Å². The fraction of sp³-hybridized carbons (Fsp3) is 0.188. The Bertz CT molecular complexity index is 626. The van der Waals surface area contributed by atoms with Gasteiger partial charge in [-0.3, -0.25) is 4.79 Å². The molecule has 0 radical (unpaired) electrons. The Balaban J connectivity index is 2.07. The Hall–Kier alpha value is -1.68. The number of hydrogen-bond acceptors (Lipinski definition) is 2. The lowest BCUT2D eigenvalue weighted by atomic mass is 10.0. The van der Waals surface area contributed by atoms with Gasteiger partial charge in [-0.1, -0.05) is 24.3 Å². The van der Waals surface area contributed by atoms with Crippen molar-refractivity contribution >= 4 is 21.7 Å². The molecular weight excluding hydrogens is 323 g/mol. The van der Waals surface area contributed by atoms with Gasteiger partial charge in [-0.15, -0.1) is 0 Å². The first-order valence-corrected chi connectivity index (χ1v) is 6.97. The van der Waals surface area contributed by atoms with E-state index in [4.69, 9.17) is 4.74 Å². The molecule has 0 amide bonds. The molecule has 0 saturated heterocycles. The zero-order valence-corrected chi connectivity index (χ0v) is 12.6. The number of carbonyl (C=O) groups excluding carboxylic acids is 1. The second-order valence-corrected chi connectivity index (χ2v) is 5.25. The van der Waals surface area contributed by atoms with E-state index in [1.165, 1.54) is 6.07 Å². The standard InChI is InChI=1S/C16H14BrFO2/c1-20-14-6-2-4-11(9-14)8-13(19)10-12-5-3-7-15(18)16(12)17/h2-7,9H,8,10H2,1H3. The maximum Gasteiger partial charge on any atom is 0.141 e. The number of methoxy groups -OCH3 is 1. The van der Waals surface area contributed by atoms with Gasteiger partial charge in [-0.2, -0.15) is 0 Å². The lowest BCUT2D eigenvalue weighted by Crippen LogP contribution is -2.07. The fourth-order valence-corrected chi connectivity index (χ4v) is 2.37. The molecule has 104 valence electrons. The largest absolute Gasteiger partial charge is 0.497 e. The van der Waals surface area contributed by atoms with Crippen molar-refractivity contribution < 1.29 is 13.9 Å². The van der Waals surface area contributed by atoms with Crippen LogP contribution in [-0.2, 0) is 17.6 Å². The van der Waals surface area contributed by atoms with E-state index in [-0.39, 0.29) is 18.0 Å². The molecule has 2 nitrogen and oxygen atoms in total. The molecule has 0 aliphatic rings. The summed E-state index contributed by atoms with van der Waals surface area (Å²) in [5.74, 6) is 0.406. The quantitative estimate of drug-likeness (QED) is 0.826. The number of Topliss-reactive ketones (excluding diaryl/α,β-unsaturated/α-hetero) is 1. The van der Waals surface area contributed by atoms with Crippen molar-refractivity contribution in [3.63, 3.8) is 0 Å². The zero-order chi connectivity index (χ0) is 14.5. The lowest BCUT2D eigenvalue weighted by Gasteiger charge is -2.06. The molecule has 0 aliphatic carbocycles.